The minimum Gasteiger partial charge on any atom is -0.399 e. The van der Waals surface area contributed by atoms with Crippen LogP contribution in [-0.2, 0) is 0 Å². The molecule has 0 spiro atoms. The zero-order chi connectivity index (χ0) is 14.1. The van der Waals surface area contributed by atoms with Crippen LogP contribution in [-0.4, -0.2) is 9.97 Å². The Kier molecular flexibility index (Phi) is 3.02. The highest BCUT2D eigenvalue weighted by Gasteiger charge is 2.08. The molecule has 4 heteroatoms. The van der Waals surface area contributed by atoms with Crippen molar-refractivity contribution in [3.63, 3.8) is 0 Å². The van der Waals surface area contributed by atoms with Gasteiger partial charge in [-0.05, 0) is 36.4 Å². The van der Waals surface area contributed by atoms with E-state index in [1.54, 1.807) is 12.1 Å². The van der Waals surface area contributed by atoms with Crippen molar-refractivity contribution in [1.29, 1.82) is 0 Å². The van der Waals surface area contributed by atoms with Crippen molar-refractivity contribution in [2.24, 2.45) is 0 Å². The van der Waals surface area contributed by atoms with E-state index in [2.05, 4.69) is 15.9 Å². The van der Waals surface area contributed by atoms with Gasteiger partial charge < -0.3 is 5.73 Å². The van der Waals surface area contributed by atoms with Gasteiger partial charge >= 0.3 is 0 Å². The summed E-state index contributed by atoms with van der Waals surface area (Å²) in [5, 5.41) is 1.55. The molecule has 0 fully saturated rings. The van der Waals surface area contributed by atoms with Gasteiger partial charge in [-0.2, -0.15) is 0 Å². The molecular weight excluding hydrogens is 270 g/mol. The Morgan fingerprint density at radius 1 is 1.10 bits per heavy atom. The topological polar surface area (TPSA) is 51.8 Å². The lowest BCUT2D eigenvalue weighted by atomic mass is 10.0. The second kappa shape index (κ2) is 4.84. The second-order valence-electron chi connectivity index (χ2n) is 4.37. The van der Waals surface area contributed by atoms with E-state index < -0.39 is 0 Å². The Morgan fingerprint density at radius 2 is 1.95 bits per heavy atom. The first kappa shape index (κ1) is 12.5. The van der Waals surface area contributed by atoms with Crippen molar-refractivity contribution in [3.8, 4) is 23.6 Å². The maximum Gasteiger partial charge on any atom is 0.116 e. The molecule has 0 atom stereocenters. The number of anilines is 1. The number of nitrogens with two attached hydrogens (primary N) is 1. The summed E-state index contributed by atoms with van der Waals surface area (Å²) >= 11 is 5.98. The quantitative estimate of drug-likeness (QED) is 0.548. The average Bonchev–Trinajstić information content (AvgIpc) is 2.45. The molecule has 0 radical (unpaired) electrons. The molecule has 0 bridgehead atoms. The number of terminal acetylenes is 1. The van der Waals surface area contributed by atoms with E-state index in [-0.39, 0.29) is 0 Å². The molecule has 2 aromatic carbocycles. The first-order valence-corrected chi connectivity index (χ1v) is 6.33. The molecule has 96 valence electrons. The lowest BCUT2D eigenvalue weighted by molar-refractivity contribution is 1.22. The molecule has 1 aromatic heterocycles. The minimum absolute atomic E-state index is 0.608. The molecule has 1 heterocycles. The Labute approximate surface area is 121 Å². The summed E-state index contributed by atoms with van der Waals surface area (Å²) in [4.78, 5) is 8.57. The lowest BCUT2D eigenvalue weighted by Gasteiger charge is -2.07. The highest BCUT2D eigenvalue weighted by atomic mass is 35.5. The van der Waals surface area contributed by atoms with Crippen molar-refractivity contribution < 1.29 is 0 Å². The second-order valence-corrected chi connectivity index (χ2v) is 4.81. The van der Waals surface area contributed by atoms with Crippen LogP contribution < -0.4 is 5.73 Å². The molecule has 0 unspecified atom stereocenters. The first-order valence-electron chi connectivity index (χ1n) is 5.95. The molecule has 2 N–H and O–H groups in total. The summed E-state index contributed by atoms with van der Waals surface area (Å²) < 4.78 is 0. The van der Waals surface area contributed by atoms with Crippen molar-refractivity contribution in [2.75, 3.05) is 5.73 Å². The molecule has 3 rings (SSSR count). The van der Waals surface area contributed by atoms with E-state index in [1.807, 2.05) is 24.3 Å². The van der Waals surface area contributed by atoms with Crippen LogP contribution in [0.15, 0.2) is 42.7 Å². The summed E-state index contributed by atoms with van der Waals surface area (Å²) in [6.45, 7) is 0. The fraction of sp³-hybridized carbons (Fsp3) is 0. The number of fused-ring (bicyclic) bond motifs is 1. The van der Waals surface area contributed by atoms with Gasteiger partial charge in [0.15, 0.2) is 0 Å². The van der Waals surface area contributed by atoms with Crippen LogP contribution in [0, 0.1) is 12.3 Å². The van der Waals surface area contributed by atoms with E-state index in [1.165, 1.54) is 6.33 Å². The zero-order valence-electron chi connectivity index (χ0n) is 10.5. The Morgan fingerprint density at radius 3 is 2.75 bits per heavy atom. The predicted octanol–water partition coefficient (Wildman–Crippen LogP) is 3.51. The third-order valence-corrected chi connectivity index (χ3v) is 3.23. The van der Waals surface area contributed by atoms with E-state index in [0.717, 1.165) is 27.7 Å². The highest BCUT2D eigenvalue weighted by molar-refractivity contribution is 6.31. The fourth-order valence-corrected chi connectivity index (χ4v) is 2.30. The number of nitrogen functional groups attached to an aromatic ring is 1. The molecule has 0 aliphatic rings. The molecule has 0 saturated carbocycles. The number of halogens is 1. The molecule has 0 saturated heterocycles. The molecular formula is C16H10ClN3. The van der Waals surface area contributed by atoms with Crippen molar-refractivity contribution in [2.45, 2.75) is 0 Å². The van der Waals surface area contributed by atoms with Gasteiger partial charge in [0.2, 0.25) is 0 Å². The minimum atomic E-state index is 0.608. The molecule has 20 heavy (non-hydrogen) atoms. The smallest absolute Gasteiger partial charge is 0.116 e. The number of aromatic nitrogens is 2. The number of hydrogen-bond acceptors (Lipinski definition) is 3. The molecule has 0 aliphatic heterocycles. The molecule has 0 amide bonds. The molecule has 3 aromatic rings. The zero-order valence-corrected chi connectivity index (χ0v) is 11.2. The van der Waals surface area contributed by atoms with Crippen molar-refractivity contribution >= 4 is 28.2 Å². The van der Waals surface area contributed by atoms with Gasteiger partial charge in [0.25, 0.3) is 0 Å². The van der Waals surface area contributed by atoms with Crippen LogP contribution in [0.5, 0.6) is 0 Å². The number of rotatable bonds is 1. The van der Waals surface area contributed by atoms with Gasteiger partial charge in [0.1, 0.15) is 6.33 Å². The SMILES string of the molecule is C#Cc1cc(N)cc(-c2ncnc3cc(Cl)ccc23)c1. The largest absolute Gasteiger partial charge is 0.399 e. The fourth-order valence-electron chi connectivity index (χ4n) is 2.13. The lowest BCUT2D eigenvalue weighted by Crippen LogP contribution is -1.92. The summed E-state index contributed by atoms with van der Waals surface area (Å²) in [6, 6.07) is 11.0. The highest BCUT2D eigenvalue weighted by Crippen LogP contribution is 2.29. The standard InChI is InChI=1S/C16H10ClN3/c1-2-10-5-11(7-13(18)6-10)16-14-4-3-12(17)8-15(14)19-9-20-16/h1,3-9H,18H2. The molecule has 0 aliphatic carbocycles. The Hall–Kier alpha value is -2.57. The third-order valence-electron chi connectivity index (χ3n) is 2.99. The van der Waals surface area contributed by atoms with Crippen LogP contribution in [0.25, 0.3) is 22.2 Å². The molecule has 3 nitrogen and oxygen atoms in total. The van der Waals surface area contributed by atoms with Gasteiger partial charge in [0, 0.05) is 27.2 Å². The first-order chi connectivity index (χ1) is 9.67. The van der Waals surface area contributed by atoms with E-state index in [4.69, 9.17) is 23.8 Å². The van der Waals surface area contributed by atoms with Gasteiger partial charge in [0.05, 0.1) is 11.2 Å². The number of hydrogen-bond donors (Lipinski definition) is 1. The normalized spacial score (nSPS) is 10.4. The predicted molar refractivity (Wildman–Crippen MR) is 82.3 cm³/mol. The van der Waals surface area contributed by atoms with E-state index >= 15 is 0 Å². The Balaban J connectivity index is 2.30. The van der Waals surface area contributed by atoms with E-state index in [9.17, 15) is 0 Å². The Bertz CT molecular complexity index is 850. The summed E-state index contributed by atoms with van der Waals surface area (Å²) in [7, 11) is 0. The van der Waals surface area contributed by atoms with Crippen LogP contribution in [0.4, 0.5) is 5.69 Å². The summed E-state index contributed by atoms with van der Waals surface area (Å²) in [6.07, 6.45) is 6.95. The summed E-state index contributed by atoms with van der Waals surface area (Å²) in [5.41, 5.74) is 9.65. The maximum absolute atomic E-state index is 5.98. The average molecular weight is 280 g/mol. The van der Waals surface area contributed by atoms with Crippen LogP contribution in [0.2, 0.25) is 5.02 Å². The van der Waals surface area contributed by atoms with E-state index in [0.29, 0.717) is 10.7 Å². The van der Waals surface area contributed by atoms with Crippen LogP contribution >= 0.6 is 11.6 Å². The van der Waals surface area contributed by atoms with Gasteiger partial charge in [-0.1, -0.05) is 17.5 Å². The van der Waals surface area contributed by atoms with Gasteiger partial charge in [-0.3, -0.25) is 0 Å². The monoisotopic (exact) mass is 279 g/mol. The maximum atomic E-state index is 5.98. The summed E-state index contributed by atoms with van der Waals surface area (Å²) in [5.74, 6) is 2.59. The van der Waals surface area contributed by atoms with Crippen LogP contribution in [0.3, 0.4) is 0 Å². The number of benzene rings is 2. The third kappa shape index (κ3) is 2.18. The van der Waals surface area contributed by atoms with Crippen LogP contribution in [0.1, 0.15) is 5.56 Å². The van der Waals surface area contributed by atoms with Crippen molar-refractivity contribution in [3.05, 3.63) is 53.3 Å². The number of nitrogens with zero attached hydrogens (tertiary/aromatic N) is 2. The van der Waals surface area contributed by atoms with Gasteiger partial charge in [-0.15, -0.1) is 6.42 Å². The van der Waals surface area contributed by atoms with Crippen molar-refractivity contribution in [1.82, 2.24) is 9.97 Å². The van der Waals surface area contributed by atoms with Gasteiger partial charge in [-0.25, -0.2) is 9.97 Å².